The van der Waals surface area contributed by atoms with Crippen LogP contribution in [0.1, 0.15) is 21.6 Å². The maximum Gasteiger partial charge on any atom is 0.416 e. The largest absolute Gasteiger partial charge is 0.486 e. The fraction of sp³-hybridized carbons (Fsp3) is 0.158. The number of pyridine rings is 1. The maximum atomic E-state index is 13.0. The predicted molar refractivity (Wildman–Crippen MR) is 93.3 cm³/mol. The summed E-state index contributed by atoms with van der Waals surface area (Å²) in [5, 5.41) is 0.285. The number of alkyl halides is 3. The molecule has 0 aliphatic rings. The molecular weight excluding hydrogens is 361 g/mol. The van der Waals surface area contributed by atoms with Gasteiger partial charge in [0.25, 0.3) is 0 Å². The normalized spacial score (nSPS) is 11.4. The van der Waals surface area contributed by atoms with Gasteiger partial charge in [0.1, 0.15) is 12.4 Å². The lowest BCUT2D eigenvalue weighted by molar-refractivity contribution is -0.137. The molecule has 0 radical (unpaired) electrons. The first-order valence-electron chi connectivity index (χ1n) is 7.86. The molecule has 0 aliphatic carbocycles. The van der Waals surface area contributed by atoms with Crippen molar-refractivity contribution in [1.82, 2.24) is 4.98 Å². The van der Waals surface area contributed by atoms with Crippen LogP contribution in [-0.4, -0.2) is 18.1 Å². The number of fused-ring (bicyclic) bond motifs is 1. The number of nitrogens with two attached hydrogens (primary N) is 1. The third-order valence-electron chi connectivity index (χ3n) is 3.92. The highest BCUT2D eigenvalue weighted by atomic mass is 19.4. The molecule has 0 saturated carbocycles. The number of hydrogen-bond acceptors (Lipinski definition) is 5. The molecule has 8 heteroatoms. The van der Waals surface area contributed by atoms with E-state index in [1.807, 2.05) is 30.3 Å². The average Bonchev–Trinajstić information content (AvgIpc) is 2.66. The van der Waals surface area contributed by atoms with Crippen molar-refractivity contribution in [1.29, 1.82) is 0 Å². The summed E-state index contributed by atoms with van der Waals surface area (Å²) in [6.45, 7) is 0.0898. The quantitative estimate of drug-likeness (QED) is 0.691. The number of carbonyl (C=O) groups excluding carboxylic acids is 1. The molecule has 0 fully saturated rings. The van der Waals surface area contributed by atoms with E-state index in [-0.39, 0.29) is 34.6 Å². The molecule has 0 atom stereocenters. The number of benzene rings is 2. The summed E-state index contributed by atoms with van der Waals surface area (Å²) < 4.78 is 49.5. The Kier molecular flexibility index (Phi) is 4.89. The van der Waals surface area contributed by atoms with Crippen LogP contribution in [0, 0.1) is 0 Å². The first-order valence-corrected chi connectivity index (χ1v) is 7.86. The third kappa shape index (κ3) is 3.79. The minimum atomic E-state index is -4.54. The Morgan fingerprint density at radius 1 is 1.11 bits per heavy atom. The maximum absolute atomic E-state index is 13.0. The number of rotatable bonds is 4. The van der Waals surface area contributed by atoms with Gasteiger partial charge in [-0.1, -0.05) is 30.3 Å². The summed E-state index contributed by atoms with van der Waals surface area (Å²) in [4.78, 5) is 16.0. The Bertz CT molecular complexity index is 989. The second-order valence-corrected chi connectivity index (χ2v) is 5.70. The number of carbonyl (C=O) groups is 1. The fourth-order valence-corrected chi connectivity index (χ4v) is 2.60. The van der Waals surface area contributed by atoms with Gasteiger partial charge in [-0.05, 0) is 23.8 Å². The molecular formula is C19H15F3N2O3. The molecule has 0 saturated heterocycles. The Morgan fingerprint density at radius 3 is 2.44 bits per heavy atom. The molecule has 5 nitrogen and oxygen atoms in total. The zero-order valence-corrected chi connectivity index (χ0v) is 14.2. The van der Waals surface area contributed by atoms with Crippen molar-refractivity contribution in [3.05, 3.63) is 65.4 Å². The van der Waals surface area contributed by atoms with Gasteiger partial charge in [0, 0.05) is 10.8 Å². The monoisotopic (exact) mass is 376 g/mol. The number of nitrogens with zero attached hydrogens (tertiary/aromatic N) is 1. The van der Waals surface area contributed by atoms with Gasteiger partial charge in [0.15, 0.2) is 11.4 Å². The zero-order chi connectivity index (χ0) is 19.6. The van der Waals surface area contributed by atoms with Gasteiger partial charge in [-0.2, -0.15) is 13.2 Å². The Morgan fingerprint density at radius 2 is 1.81 bits per heavy atom. The van der Waals surface area contributed by atoms with Crippen molar-refractivity contribution in [2.75, 3.05) is 12.8 Å². The SMILES string of the molecule is COC(=O)c1nc(N)c2cc(C(F)(F)F)ccc2c1OCc1ccccc1. The molecule has 0 aliphatic heterocycles. The summed E-state index contributed by atoms with van der Waals surface area (Å²) in [5.74, 6) is -1.00. The van der Waals surface area contributed by atoms with E-state index in [4.69, 9.17) is 15.2 Å². The minimum Gasteiger partial charge on any atom is -0.486 e. The van der Waals surface area contributed by atoms with Gasteiger partial charge in [0.05, 0.1) is 12.7 Å². The van der Waals surface area contributed by atoms with Crippen molar-refractivity contribution < 1.29 is 27.4 Å². The van der Waals surface area contributed by atoms with E-state index in [0.717, 1.165) is 24.8 Å². The van der Waals surface area contributed by atoms with E-state index in [1.165, 1.54) is 6.07 Å². The standard InChI is InChI=1S/C19H15F3N2O3/c1-26-18(25)15-16(27-10-11-5-3-2-4-6-11)13-8-7-12(19(20,21)22)9-14(13)17(23)24-15/h2-9H,10H2,1H3,(H2,23,24). The van der Waals surface area contributed by atoms with Crippen LogP contribution in [0.25, 0.3) is 10.8 Å². The first-order chi connectivity index (χ1) is 12.8. The van der Waals surface area contributed by atoms with Crippen LogP contribution >= 0.6 is 0 Å². The Labute approximate surface area is 152 Å². The fourth-order valence-electron chi connectivity index (χ4n) is 2.60. The van der Waals surface area contributed by atoms with Crippen molar-refractivity contribution in [3.63, 3.8) is 0 Å². The molecule has 3 aromatic rings. The van der Waals surface area contributed by atoms with Crippen LogP contribution in [-0.2, 0) is 17.5 Å². The van der Waals surface area contributed by atoms with Gasteiger partial charge < -0.3 is 15.2 Å². The molecule has 3 rings (SSSR count). The number of hydrogen-bond donors (Lipinski definition) is 1. The van der Waals surface area contributed by atoms with Crippen LogP contribution in [0.3, 0.4) is 0 Å². The highest BCUT2D eigenvalue weighted by Crippen LogP contribution is 2.37. The van der Waals surface area contributed by atoms with Gasteiger partial charge in [-0.15, -0.1) is 0 Å². The molecule has 140 valence electrons. The van der Waals surface area contributed by atoms with E-state index in [9.17, 15) is 18.0 Å². The summed E-state index contributed by atoms with van der Waals surface area (Å²) >= 11 is 0. The smallest absolute Gasteiger partial charge is 0.416 e. The minimum absolute atomic E-state index is 0.0172. The molecule has 0 spiro atoms. The van der Waals surface area contributed by atoms with Gasteiger partial charge in [-0.3, -0.25) is 0 Å². The van der Waals surface area contributed by atoms with Crippen molar-refractivity contribution in [2.24, 2.45) is 0 Å². The highest BCUT2D eigenvalue weighted by Gasteiger charge is 2.31. The van der Waals surface area contributed by atoms with Crippen molar-refractivity contribution >= 4 is 22.6 Å². The van der Waals surface area contributed by atoms with E-state index in [2.05, 4.69) is 4.98 Å². The topological polar surface area (TPSA) is 74.4 Å². The molecule has 0 amide bonds. The molecule has 27 heavy (non-hydrogen) atoms. The number of nitrogen functional groups attached to an aromatic ring is 1. The van der Waals surface area contributed by atoms with E-state index in [0.29, 0.717) is 0 Å². The molecule has 0 bridgehead atoms. The lowest BCUT2D eigenvalue weighted by atomic mass is 10.1. The summed E-state index contributed by atoms with van der Waals surface area (Å²) in [7, 11) is 1.16. The number of aromatic nitrogens is 1. The number of anilines is 1. The molecule has 2 N–H and O–H groups in total. The average molecular weight is 376 g/mol. The lowest BCUT2D eigenvalue weighted by Crippen LogP contribution is -2.12. The van der Waals surface area contributed by atoms with Gasteiger partial charge in [-0.25, -0.2) is 9.78 Å². The van der Waals surface area contributed by atoms with E-state index >= 15 is 0 Å². The summed E-state index contributed by atoms with van der Waals surface area (Å²) in [6, 6.07) is 12.1. The van der Waals surface area contributed by atoms with Crippen LogP contribution in [0.15, 0.2) is 48.5 Å². The van der Waals surface area contributed by atoms with Crippen LogP contribution in [0.2, 0.25) is 0 Å². The summed E-state index contributed by atoms with van der Waals surface area (Å²) in [6.07, 6.45) is -4.54. The molecule has 1 heterocycles. The third-order valence-corrected chi connectivity index (χ3v) is 3.92. The lowest BCUT2D eigenvalue weighted by Gasteiger charge is -2.15. The second kappa shape index (κ2) is 7.14. The molecule has 1 aromatic heterocycles. The predicted octanol–water partition coefficient (Wildman–Crippen LogP) is 4.20. The van der Waals surface area contributed by atoms with Crippen LogP contribution in [0.5, 0.6) is 5.75 Å². The Hall–Kier alpha value is -3.29. The summed E-state index contributed by atoms with van der Waals surface area (Å²) in [5.41, 5.74) is 5.54. The van der Waals surface area contributed by atoms with Crippen LogP contribution in [0.4, 0.5) is 19.0 Å². The number of ether oxygens (including phenoxy) is 2. The van der Waals surface area contributed by atoms with E-state index < -0.39 is 17.7 Å². The zero-order valence-electron chi connectivity index (χ0n) is 14.2. The molecule has 0 unspecified atom stereocenters. The van der Waals surface area contributed by atoms with Crippen molar-refractivity contribution in [3.8, 4) is 5.75 Å². The first kappa shape index (κ1) is 18.5. The van der Waals surface area contributed by atoms with Crippen LogP contribution < -0.4 is 10.5 Å². The second-order valence-electron chi connectivity index (χ2n) is 5.70. The molecule has 2 aromatic carbocycles. The number of halogens is 3. The van der Waals surface area contributed by atoms with Gasteiger partial charge in [0.2, 0.25) is 0 Å². The van der Waals surface area contributed by atoms with Crippen molar-refractivity contribution in [2.45, 2.75) is 12.8 Å². The van der Waals surface area contributed by atoms with E-state index in [1.54, 1.807) is 0 Å². The van der Waals surface area contributed by atoms with Gasteiger partial charge >= 0.3 is 12.1 Å². The Balaban J connectivity index is 2.14. The highest BCUT2D eigenvalue weighted by molar-refractivity contribution is 6.03. The number of methoxy groups -OCH3 is 1. The number of esters is 1.